The van der Waals surface area contributed by atoms with Crippen LogP contribution in [0.1, 0.15) is 22.7 Å². The Bertz CT molecular complexity index is 4370. The Morgan fingerprint density at radius 3 is 1.04 bits per heavy atom. The molecule has 0 radical (unpaired) electrons. The maximum absolute atomic E-state index is 4.85. The van der Waals surface area contributed by atoms with Gasteiger partial charge in [0, 0.05) is 62.7 Å². The van der Waals surface area contributed by atoms with Crippen LogP contribution in [0.4, 0.5) is 0 Å². The summed E-state index contributed by atoms with van der Waals surface area (Å²) < 4.78 is 4.93. The van der Waals surface area contributed by atoms with Crippen molar-refractivity contribution in [1.29, 1.82) is 0 Å². The molecule has 1 atom stereocenters. The predicted molar refractivity (Wildman–Crippen MR) is 376 cm³/mol. The van der Waals surface area contributed by atoms with Crippen LogP contribution in [0.3, 0.4) is 0 Å². The zero-order chi connectivity index (χ0) is 58.5. The molecule has 3 heterocycles. The predicted octanol–water partition coefficient (Wildman–Crippen LogP) is 19.0. The maximum Gasteiger partial charge on any atom is 0.0775 e. The van der Waals surface area contributed by atoms with Gasteiger partial charge in [-0.3, -0.25) is 4.98 Å². The van der Waals surface area contributed by atoms with E-state index in [1.54, 1.807) is 0 Å². The second kappa shape index (κ2) is 21.0. The van der Waals surface area contributed by atoms with Crippen molar-refractivity contribution in [3.8, 4) is 67.0 Å². The van der Waals surface area contributed by atoms with Crippen LogP contribution < -0.4 is 20.7 Å². The van der Waals surface area contributed by atoms with E-state index < -0.39 is 32.3 Å². The zero-order valence-electron chi connectivity index (χ0n) is 51.1. The topological polar surface area (TPSA) is 22.8 Å². The van der Waals surface area contributed by atoms with E-state index in [1.807, 2.05) is 12.4 Å². The summed E-state index contributed by atoms with van der Waals surface area (Å²) in [4.78, 5) is 4.85. The lowest BCUT2D eigenvalue weighted by molar-refractivity contribution is 0.825. The van der Waals surface area contributed by atoms with Crippen molar-refractivity contribution in [3.05, 3.63) is 242 Å². The Hall–Kier alpha value is -7.92. The average Bonchev–Trinajstić information content (AvgIpc) is 1.94. The van der Waals surface area contributed by atoms with E-state index >= 15 is 0 Å². The highest BCUT2D eigenvalue weighted by atomic mass is 28.3. The normalized spacial score (nSPS) is 14.0. The zero-order valence-corrected chi connectivity index (χ0v) is 55.1. The first-order valence-corrected chi connectivity index (χ1v) is 44.2. The third-order valence-corrected chi connectivity index (χ3v) is 26.2. The van der Waals surface area contributed by atoms with E-state index in [-0.39, 0.29) is 0 Å². The molecule has 0 saturated heterocycles. The summed E-state index contributed by atoms with van der Waals surface area (Å²) in [6, 6.07) is 79.3. The lowest BCUT2D eigenvalue weighted by Gasteiger charge is -2.21. The highest BCUT2D eigenvalue weighted by Gasteiger charge is 2.26. The van der Waals surface area contributed by atoms with Gasteiger partial charge >= 0.3 is 0 Å². The molecule has 12 aromatic rings. The molecule has 0 fully saturated rings. The lowest BCUT2D eigenvalue weighted by Crippen LogP contribution is -2.37. The second-order valence-electron chi connectivity index (χ2n) is 27.8. The Morgan fingerprint density at radius 2 is 0.643 bits per heavy atom. The Balaban J connectivity index is 0.822. The molecule has 0 aliphatic heterocycles. The van der Waals surface area contributed by atoms with Gasteiger partial charge in [0.05, 0.1) is 48.8 Å². The number of fused-ring (bicyclic) bond motifs is 6. The molecule has 0 saturated carbocycles. The van der Waals surface area contributed by atoms with Crippen molar-refractivity contribution in [2.45, 2.75) is 90.9 Å². The van der Waals surface area contributed by atoms with E-state index in [2.05, 4.69) is 306 Å². The molecule has 3 aromatic heterocycles. The summed E-state index contributed by atoms with van der Waals surface area (Å²) >= 11 is 0. The molecule has 0 N–H and O–H groups in total. The van der Waals surface area contributed by atoms with E-state index in [1.165, 1.54) is 104 Å². The number of nitrogens with zero attached hydrogens (tertiary/aromatic N) is 3. The van der Waals surface area contributed by atoms with Crippen LogP contribution in [0.2, 0.25) is 78.6 Å². The van der Waals surface area contributed by atoms with E-state index in [9.17, 15) is 0 Å². The number of rotatable bonds is 12. The molecule has 416 valence electrons. The molecule has 9 aromatic carbocycles. The molecular formula is C77H77N3Si4. The molecule has 7 heteroatoms. The molecule has 3 nitrogen and oxygen atoms in total. The number of benzene rings is 9. The van der Waals surface area contributed by atoms with Crippen LogP contribution in [0.5, 0.6) is 0 Å². The molecular weight excluding hydrogens is 1080 g/mol. The van der Waals surface area contributed by atoms with Crippen LogP contribution in [0, 0.1) is 0 Å². The van der Waals surface area contributed by atoms with Crippen molar-refractivity contribution in [1.82, 2.24) is 14.1 Å². The molecule has 1 aliphatic carbocycles. The molecule has 84 heavy (non-hydrogen) atoms. The largest absolute Gasteiger partial charge is 0.310 e. The molecule has 0 amide bonds. The van der Waals surface area contributed by atoms with Gasteiger partial charge in [-0.05, 0) is 135 Å². The minimum absolute atomic E-state index is 0.314. The smallest absolute Gasteiger partial charge is 0.0775 e. The van der Waals surface area contributed by atoms with Crippen LogP contribution in [-0.2, 0) is 6.42 Å². The number of hydrogen-bond donors (Lipinski definition) is 0. The van der Waals surface area contributed by atoms with Gasteiger partial charge in [0.15, 0.2) is 0 Å². The van der Waals surface area contributed by atoms with E-state index in [0.29, 0.717) is 5.92 Å². The summed E-state index contributed by atoms with van der Waals surface area (Å²) in [6.07, 6.45) is 9.78. The van der Waals surface area contributed by atoms with Crippen molar-refractivity contribution in [2.24, 2.45) is 0 Å². The lowest BCUT2D eigenvalue weighted by atomic mass is 9.86. The monoisotopic (exact) mass is 1160 g/mol. The second-order valence-corrected chi connectivity index (χ2v) is 48.1. The van der Waals surface area contributed by atoms with Gasteiger partial charge < -0.3 is 9.13 Å². The van der Waals surface area contributed by atoms with Gasteiger partial charge in [0.1, 0.15) is 0 Å². The number of pyridine rings is 1. The molecule has 1 aliphatic rings. The molecule has 1 unspecified atom stereocenters. The summed E-state index contributed by atoms with van der Waals surface area (Å²) in [6.45, 7) is 29.1. The van der Waals surface area contributed by atoms with Crippen LogP contribution >= 0.6 is 0 Å². The van der Waals surface area contributed by atoms with Crippen molar-refractivity contribution < 1.29 is 0 Å². The van der Waals surface area contributed by atoms with E-state index in [4.69, 9.17) is 4.98 Å². The summed E-state index contributed by atoms with van der Waals surface area (Å²) in [5, 5.41) is 9.80. The minimum Gasteiger partial charge on any atom is -0.310 e. The highest BCUT2D eigenvalue weighted by molar-refractivity contribution is 6.90. The van der Waals surface area contributed by atoms with Gasteiger partial charge in [-0.25, -0.2) is 0 Å². The Morgan fingerprint density at radius 1 is 0.321 bits per heavy atom. The molecule has 0 spiro atoms. The molecule has 0 bridgehead atoms. The minimum atomic E-state index is -1.42. The Kier molecular flexibility index (Phi) is 13.8. The van der Waals surface area contributed by atoms with Gasteiger partial charge in [-0.2, -0.15) is 0 Å². The van der Waals surface area contributed by atoms with Crippen LogP contribution in [0.15, 0.2) is 225 Å². The standard InChI is InChI=1S/C77H77N3Si4/c1-81(2,3)66-33-17-52(18-34-66)58-25-41-74-70(46-58)71-47-59(53-19-35-67(36-20-53)82(4,5)6)26-42-75(71)79(74)64-29-13-56(14-30-64)62-45-63(51-78-50-62)57-15-31-65(32-16-57)80-76-43-27-60(54-21-37-68(38-22-54)83(7,8)9)48-72(76)73-49-61(28-44-77(73)80)55-23-39-69(40-24-55)84(10,11)12/h13-48,50-51,61H,49H2,1-12H3. The van der Waals surface area contributed by atoms with Crippen molar-refractivity contribution in [2.75, 3.05) is 0 Å². The number of hydrogen-bond acceptors (Lipinski definition) is 1. The SMILES string of the molecule is C[Si](C)(C)c1ccc(-c2ccc3c(c2)c2c(n3-c3ccc(-c4cncc(-c5ccc(-n6c7ccc(-c8ccc([Si](C)(C)C)cc8)cc7c7cc(-c8ccc([Si](C)(C)C)cc8)ccc76)cc5)c4)cc3)C=CC(c3ccc([Si](C)(C)C)cc3)C2)cc1. The van der Waals surface area contributed by atoms with Gasteiger partial charge in [0.25, 0.3) is 0 Å². The first kappa shape index (κ1) is 55.3. The number of allylic oxidation sites excluding steroid dienone is 1. The average molecular weight is 1160 g/mol. The molecule has 13 rings (SSSR count). The first-order chi connectivity index (χ1) is 40.1. The fourth-order valence-corrected chi connectivity index (χ4v) is 17.4. The fourth-order valence-electron chi connectivity index (χ4n) is 12.7. The van der Waals surface area contributed by atoms with Crippen molar-refractivity contribution in [3.63, 3.8) is 0 Å². The first-order valence-electron chi connectivity index (χ1n) is 30.2. The summed E-state index contributed by atoms with van der Waals surface area (Å²) in [5.74, 6) is 0.314. The van der Waals surface area contributed by atoms with Crippen LogP contribution in [0.25, 0.3) is 106 Å². The highest BCUT2D eigenvalue weighted by Crippen LogP contribution is 2.42. The quantitative estimate of drug-likeness (QED) is 0.112. The third kappa shape index (κ3) is 10.5. The van der Waals surface area contributed by atoms with Crippen molar-refractivity contribution >= 4 is 91.8 Å². The van der Waals surface area contributed by atoms with Gasteiger partial charge in [0.2, 0.25) is 0 Å². The van der Waals surface area contributed by atoms with Gasteiger partial charge in [-0.15, -0.1) is 0 Å². The van der Waals surface area contributed by atoms with E-state index in [0.717, 1.165) is 40.0 Å². The third-order valence-electron chi connectivity index (χ3n) is 17.9. The summed E-state index contributed by atoms with van der Waals surface area (Å²) in [7, 11) is -5.66. The maximum atomic E-state index is 4.85. The summed E-state index contributed by atoms with van der Waals surface area (Å²) in [5.41, 5.74) is 22.0. The fraction of sp³-hybridized carbons (Fsp3) is 0.182. The van der Waals surface area contributed by atoms with Gasteiger partial charge in [-0.1, -0.05) is 245 Å². The van der Waals surface area contributed by atoms with Crippen LogP contribution in [-0.4, -0.2) is 46.4 Å². The Labute approximate surface area is 502 Å². The number of aromatic nitrogens is 3.